The van der Waals surface area contributed by atoms with E-state index in [1.807, 2.05) is 19.1 Å². The highest BCUT2D eigenvalue weighted by atomic mass is 32.2. The van der Waals surface area contributed by atoms with Gasteiger partial charge in [0.1, 0.15) is 5.76 Å². The molecule has 1 saturated heterocycles. The first-order valence-corrected chi connectivity index (χ1v) is 12.0. The normalized spacial score (nSPS) is 18.1. The molecule has 6 nitrogen and oxygen atoms in total. The summed E-state index contributed by atoms with van der Waals surface area (Å²) < 4.78 is 32.4. The number of rotatable bonds is 8. The minimum absolute atomic E-state index is 0.0672. The molecule has 1 aliphatic rings. The van der Waals surface area contributed by atoms with Gasteiger partial charge in [0.15, 0.2) is 0 Å². The Morgan fingerprint density at radius 3 is 2.79 bits per heavy atom. The molecule has 0 unspecified atom stereocenters. The van der Waals surface area contributed by atoms with Gasteiger partial charge in [0.2, 0.25) is 15.9 Å². The topological polar surface area (TPSA) is 79.6 Å². The van der Waals surface area contributed by atoms with Gasteiger partial charge in [0.05, 0.1) is 22.8 Å². The van der Waals surface area contributed by atoms with Gasteiger partial charge in [-0.05, 0) is 44.0 Å². The number of nitrogens with zero attached hydrogens (tertiary/aromatic N) is 1. The standard InChI is InChI=1S/C20H26N2O4S2/c1-16-6-8-19(9-7-16)28(24,25)22-11-2-4-17(14-22)20(23)21-10-13-27-15-18-5-3-12-26-18/h3,5-9,12,17H,2,4,10-11,13-15H2,1H3,(H,21,23)/t17-/m0/s1. The average Bonchev–Trinajstić information content (AvgIpc) is 3.21. The molecule has 3 rings (SSSR count). The predicted molar refractivity (Wildman–Crippen MR) is 111 cm³/mol. The highest BCUT2D eigenvalue weighted by Gasteiger charge is 2.33. The van der Waals surface area contributed by atoms with E-state index in [0.717, 1.165) is 22.8 Å². The first-order valence-electron chi connectivity index (χ1n) is 9.41. The lowest BCUT2D eigenvalue weighted by molar-refractivity contribution is -0.125. The summed E-state index contributed by atoms with van der Waals surface area (Å²) in [6.45, 7) is 3.18. The third-order valence-corrected chi connectivity index (χ3v) is 7.64. The van der Waals surface area contributed by atoms with Crippen LogP contribution in [0.2, 0.25) is 0 Å². The van der Waals surface area contributed by atoms with Crippen molar-refractivity contribution < 1.29 is 17.6 Å². The Morgan fingerprint density at radius 1 is 1.29 bits per heavy atom. The van der Waals surface area contributed by atoms with Gasteiger partial charge < -0.3 is 9.73 Å². The Kier molecular flexibility index (Phi) is 7.20. The third-order valence-electron chi connectivity index (χ3n) is 4.78. The van der Waals surface area contributed by atoms with Crippen LogP contribution in [0.4, 0.5) is 0 Å². The number of carbonyl (C=O) groups is 1. The van der Waals surface area contributed by atoms with Crippen LogP contribution in [0.25, 0.3) is 0 Å². The molecule has 0 saturated carbocycles. The van der Waals surface area contributed by atoms with Crippen LogP contribution in [0.15, 0.2) is 52.0 Å². The molecule has 0 bridgehead atoms. The number of sulfonamides is 1. The minimum atomic E-state index is -3.56. The van der Waals surface area contributed by atoms with Crippen LogP contribution in [0, 0.1) is 12.8 Å². The Morgan fingerprint density at radius 2 is 2.07 bits per heavy atom. The Labute approximate surface area is 170 Å². The van der Waals surface area contributed by atoms with Crippen molar-refractivity contribution in [3.63, 3.8) is 0 Å². The summed E-state index contributed by atoms with van der Waals surface area (Å²) in [5.74, 6) is 2.10. The van der Waals surface area contributed by atoms with Gasteiger partial charge in [-0.3, -0.25) is 4.79 Å². The van der Waals surface area contributed by atoms with Crippen LogP contribution in [0.1, 0.15) is 24.2 Å². The molecule has 0 radical (unpaired) electrons. The number of benzene rings is 1. The van der Waals surface area contributed by atoms with Crippen molar-refractivity contribution in [3.8, 4) is 0 Å². The summed E-state index contributed by atoms with van der Waals surface area (Å²) in [5.41, 5.74) is 1.01. The van der Waals surface area contributed by atoms with Gasteiger partial charge in [-0.25, -0.2) is 8.42 Å². The van der Waals surface area contributed by atoms with Gasteiger partial charge in [-0.15, -0.1) is 0 Å². The van der Waals surface area contributed by atoms with Crippen LogP contribution in [-0.2, 0) is 20.6 Å². The van der Waals surface area contributed by atoms with Gasteiger partial charge in [-0.1, -0.05) is 17.7 Å². The molecule has 1 amide bonds. The van der Waals surface area contributed by atoms with E-state index in [1.54, 1.807) is 42.3 Å². The van der Waals surface area contributed by atoms with Crippen molar-refractivity contribution >= 4 is 27.7 Å². The molecular weight excluding hydrogens is 396 g/mol. The fraction of sp³-hybridized carbons (Fsp3) is 0.450. The number of hydrogen-bond donors (Lipinski definition) is 1. The number of amides is 1. The fourth-order valence-electron chi connectivity index (χ4n) is 3.19. The van der Waals surface area contributed by atoms with Crippen LogP contribution < -0.4 is 5.32 Å². The summed E-state index contributed by atoms with van der Waals surface area (Å²) in [6.07, 6.45) is 3.05. The number of piperidine rings is 1. The number of thioether (sulfide) groups is 1. The molecule has 2 aromatic rings. The van der Waals surface area contributed by atoms with Crippen molar-refractivity contribution in [1.82, 2.24) is 9.62 Å². The number of furan rings is 1. The zero-order valence-electron chi connectivity index (χ0n) is 16.0. The molecule has 2 heterocycles. The van der Waals surface area contributed by atoms with Crippen LogP contribution >= 0.6 is 11.8 Å². The van der Waals surface area contributed by atoms with Gasteiger partial charge in [0, 0.05) is 25.4 Å². The van der Waals surface area contributed by atoms with E-state index in [9.17, 15) is 13.2 Å². The lowest BCUT2D eigenvalue weighted by atomic mass is 9.99. The maximum absolute atomic E-state index is 12.9. The van der Waals surface area contributed by atoms with Gasteiger partial charge in [0.25, 0.3) is 0 Å². The Bertz CT molecular complexity index is 864. The monoisotopic (exact) mass is 422 g/mol. The van der Waals surface area contributed by atoms with Crippen LogP contribution in [0.3, 0.4) is 0 Å². The molecule has 1 aromatic carbocycles. The molecule has 0 aliphatic carbocycles. The maximum atomic E-state index is 12.9. The Balaban J connectivity index is 1.48. The molecule has 28 heavy (non-hydrogen) atoms. The zero-order chi connectivity index (χ0) is 20.0. The first kappa shape index (κ1) is 21.0. The van der Waals surface area contributed by atoms with Crippen molar-refractivity contribution in [3.05, 3.63) is 54.0 Å². The minimum Gasteiger partial charge on any atom is -0.468 e. The van der Waals surface area contributed by atoms with Crippen molar-refractivity contribution in [2.75, 3.05) is 25.4 Å². The number of nitrogens with one attached hydrogen (secondary N) is 1. The zero-order valence-corrected chi connectivity index (χ0v) is 17.6. The van der Waals surface area contributed by atoms with Crippen molar-refractivity contribution in [1.29, 1.82) is 0 Å². The highest BCUT2D eigenvalue weighted by molar-refractivity contribution is 7.98. The van der Waals surface area contributed by atoms with Gasteiger partial charge in [-0.2, -0.15) is 16.1 Å². The highest BCUT2D eigenvalue weighted by Crippen LogP contribution is 2.24. The van der Waals surface area contributed by atoms with E-state index in [2.05, 4.69) is 5.32 Å². The summed E-state index contributed by atoms with van der Waals surface area (Å²) in [7, 11) is -3.56. The SMILES string of the molecule is Cc1ccc(S(=O)(=O)N2CCC[C@H](C(=O)NCCSCc3ccco3)C2)cc1. The molecular formula is C20H26N2O4S2. The van der Waals surface area contributed by atoms with E-state index in [0.29, 0.717) is 25.9 Å². The quantitative estimate of drug-likeness (QED) is 0.662. The van der Waals surface area contributed by atoms with E-state index in [4.69, 9.17) is 4.42 Å². The first-order chi connectivity index (χ1) is 13.5. The fourth-order valence-corrected chi connectivity index (χ4v) is 5.47. The second-order valence-corrected chi connectivity index (χ2v) is 9.98. The summed E-state index contributed by atoms with van der Waals surface area (Å²) >= 11 is 1.69. The van der Waals surface area contributed by atoms with Crippen molar-refractivity contribution in [2.45, 2.75) is 30.4 Å². The Hall–Kier alpha value is -1.77. The smallest absolute Gasteiger partial charge is 0.243 e. The molecule has 1 atom stereocenters. The molecule has 0 spiro atoms. The maximum Gasteiger partial charge on any atom is 0.243 e. The molecule has 152 valence electrons. The second-order valence-electron chi connectivity index (χ2n) is 6.94. The van der Waals surface area contributed by atoms with Gasteiger partial charge >= 0.3 is 0 Å². The molecule has 1 aromatic heterocycles. The lowest BCUT2D eigenvalue weighted by Crippen LogP contribution is -2.45. The molecule has 1 N–H and O–H groups in total. The van der Waals surface area contributed by atoms with Crippen molar-refractivity contribution in [2.24, 2.45) is 5.92 Å². The van der Waals surface area contributed by atoms with E-state index < -0.39 is 10.0 Å². The van der Waals surface area contributed by atoms with E-state index >= 15 is 0 Å². The molecule has 8 heteroatoms. The third kappa shape index (κ3) is 5.40. The average molecular weight is 423 g/mol. The lowest BCUT2D eigenvalue weighted by Gasteiger charge is -2.31. The molecule has 1 fully saturated rings. The predicted octanol–water partition coefficient (Wildman–Crippen LogP) is 3.04. The number of aryl methyl sites for hydroxylation is 1. The second kappa shape index (κ2) is 9.62. The van der Waals surface area contributed by atoms with Crippen LogP contribution in [-0.4, -0.2) is 44.0 Å². The largest absolute Gasteiger partial charge is 0.468 e. The summed E-state index contributed by atoms with van der Waals surface area (Å²) in [4.78, 5) is 12.8. The summed E-state index contributed by atoms with van der Waals surface area (Å²) in [5, 5.41) is 2.94. The number of carbonyl (C=O) groups excluding carboxylic acids is 1. The summed E-state index contributed by atoms with van der Waals surface area (Å²) in [6, 6.07) is 10.6. The van der Waals surface area contributed by atoms with E-state index in [1.165, 1.54) is 4.31 Å². The molecule has 1 aliphatic heterocycles. The van der Waals surface area contributed by atoms with E-state index in [-0.39, 0.29) is 23.3 Å². The number of hydrogen-bond acceptors (Lipinski definition) is 5. The van der Waals surface area contributed by atoms with Crippen LogP contribution in [0.5, 0.6) is 0 Å².